The molecule has 1 aliphatic heterocycles. The van der Waals surface area contributed by atoms with Crippen LogP contribution in [0.25, 0.3) is 0 Å². The number of hydrogen-bond donors (Lipinski definition) is 1. The topological polar surface area (TPSA) is 78.4 Å². The largest absolute Gasteiger partial charge is 0.353 e. The van der Waals surface area contributed by atoms with Crippen molar-refractivity contribution in [3.05, 3.63) is 47.1 Å². The van der Waals surface area contributed by atoms with E-state index in [9.17, 15) is 9.59 Å². The molecule has 9 heteroatoms. The number of amides is 2. The molecule has 35 heavy (non-hydrogen) atoms. The summed E-state index contributed by atoms with van der Waals surface area (Å²) in [6.45, 7) is 10.2. The Labute approximate surface area is 218 Å². The number of aromatic nitrogens is 2. The molecule has 0 radical (unpaired) electrons. The van der Waals surface area contributed by atoms with E-state index in [2.05, 4.69) is 53.1 Å². The number of anilines is 1. The first-order chi connectivity index (χ1) is 16.7. The van der Waals surface area contributed by atoms with E-state index in [1.54, 1.807) is 6.07 Å². The highest BCUT2D eigenvalue weighted by molar-refractivity contribution is 7.99. The first kappa shape index (κ1) is 27.3. The van der Waals surface area contributed by atoms with Gasteiger partial charge in [0, 0.05) is 44.2 Å². The fourth-order valence-corrected chi connectivity index (χ4v) is 5.05. The summed E-state index contributed by atoms with van der Waals surface area (Å²) < 4.78 is 0. The summed E-state index contributed by atoms with van der Waals surface area (Å²) in [7, 11) is 0. The number of benzene rings is 1. The third-order valence-electron chi connectivity index (χ3n) is 5.96. The second-order valence-electron chi connectivity index (χ2n) is 9.59. The minimum absolute atomic E-state index is 0.0495. The van der Waals surface area contributed by atoms with Crippen LogP contribution in [0.15, 0.2) is 41.6 Å². The summed E-state index contributed by atoms with van der Waals surface area (Å²) in [6, 6.07) is 12.2. The average Bonchev–Trinajstić information content (AvgIpc) is 2.81. The second kappa shape index (κ2) is 13.1. The predicted octanol–water partition coefficient (Wildman–Crippen LogP) is 4.44. The molecular weight excluding hydrogens is 482 g/mol. The van der Waals surface area contributed by atoms with Crippen molar-refractivity contribution in [1.29, 1.82) is 0 Å². The van der Waals surface area contributed by atoms with E-state index in [4.69, 9.17) is 11.6 Å². The van der Waals surface area contributed by atoms with Crippen molar-refractivity contribution < 1.29 is 9.59 Å². The third kappa shape index (κ3) is 8.69. The molecule has 190 valence electrons. The van der Waals surface area contributed by atoms with Gasteiger partial charge in [0.25, 0.3) is 0 Å². The Balaban J connectivity index is 1.50. The predicted molar refractivity (Wildman–Crippen MR) is 143 cm³/mol. The molecule has 1 aromatic heterocycles. The number of nitrogens with zero attached hydrogens (tertiary/aromatic N) is 4. The third-order valence-corrected chi connectivity index (χ3v) is 7.01. The van der Waals surface area contributed by atoms with Gasteiger partial charge in [-0.2, -0.15) is 0 Å². The maximum Gasteiger partial charge on any atom is 0.230 e. The van der Waals surface area contributed by atoms with Crippen molar-refractivity contribution in [3.8, 4) is 0 Å². The molecule has 1 fully saturated rings. The van der Waals surface area contributed by atoms with Crippen molar-refractivity contribution in [2.24, 2.45) is 5.92 Å². The molecule has 1 aliphatic rings. The quantitative estimate of drug-likeness (QED) is 0.285. The molecule has 0 bridgehead atoms. The Hall–Kier alpha value is -2.32. The first-order valence-electron chi connectivity index (χ1n) is 12.3. The number of thioether (sulfide) groups is 1. The van der Waals surface area contributed by atoms with E-state index < -0.39 is 0 Å². The maximum absolute atomic E-state index is 12.5. The van der Waals surface area contributed by atoms with Crippen LogP contribution in [0.5, 0.6) is 0 Å². The number of carbonyl (C=O) groups excluding carboxylic acids is 2. The lowest BCUT2D eigenvalue weighted by molar-refractivity contribution is -0.134. The Morgan fingerprint density at radius 1 is 1.17 bits per heavy atom. The van der Waals surface area contributed by atoms with Crippen LogP contribution < -0.4 is 10.2 Å². The van der Waals surface area contributed by atoms with E-state index in [0.717, 1.165) is 18.7 Å². The lowest BCUT2D eigenvalue weighted by atomic mass is 10.1. The molecule has 0 aliphatic carbocycles. The Morgan fingerprint density at radius 3 is 2.60 bits per heavy atom. The molecule has 3 rings (SSSR count). The van der Waals surface area contributed by atoms with Gasteiger partial charge in [-0.1, -0.05) is 67.5 Å². The molecule has 0 saturated carbocycles. The summed E-state index contributed by atoms with van der Waals surface area (Å²) >= 11 is 7.57. The smallest absolute Gasteiger partial charge is 0.230 e. The maximum atomic E-state index is 12.5. The van der Waals surface area contributed by atoms with Crippen molar-refractivity contribution in [2.45, 2.75) is 64.2 Å². The van der Waals surface area contributed by atoms with Gasteiger partial charge in [-0.15, -0.1) is 0 Å². The molecular formula is C26H36ClN5O2S. The highest BCUT2D eigenvalue weighted by Crippen LogP contribution is 2.24. The Kier molecular flexibility index (Phi) is 10.2. The fourth-order valence-electron chi connectivity index (χ4n) is 4.16. The van der Waals surface area contributed by atoms with Gasteiger partial charge in [-0.25, -0.2) is 9.97 Å². The summed E-state index contributed by atoms with van der Waals surface area (Å²) in [4.78, 5) is 38.0. The summed E-state index contributed by atoms with van der Waals surface area (Å²) in [5.41, 5.74) is 1.27. The Bertz CT molecular complexity index is 991. The molecule has 1 saturated heterocycles. The molecule has 2 amide bonds. The van der Waals surface area contributed by atoms with Crippen molar-refractivity contribution >= 4 is 41.0 Å². The van der Waals surface area contributed by atoms with Gasteiger partial charge in [0.05, 0.1) is 5.75 Å². The molecule has 1 aromatic carbocycles. The zero-order valence-corrected chi connectivity index (χ0v) is 22.6. The number of aryl methyl sites for hydroxylation is 1. The highest BCUT2D eigenvalue weighted by atomic mass is 35.5. The minimum Gasteiger partial charge on any atom is -0.353 e. The van der Waals surface area contributed by atoms with Crippen LogP contribution in [0.2, 0.25) is 5.15 Å². The second-order valence-corrected chi connectivity index (χ2v) is 10.9. The molecule has 7 nitrogen and oxygen atoms in total. The van der Waals surface area contributed by atoms with Crippen molar-refractivity contribution in [3.63, 3.8) is 0 Å². The SMILES string of the molecule is CC(C)CC(=O)N1CCN(c2cc(Cl)nc(SCC(=O)NC(C)CCc3ccccc3)n2)CC1C. The van der Waals surface area contributed by atoms with Crippen LogP contribution in [0.4, 0.5) is 5.82 Å². The van der Waals surface area contributed by atoms with E-state index in [0.29, 0.717) is 42.3 Å². The van der Waals surface area contributed by atoms with Gasteiger partial charge in [-0.3, -0.25) is 9.59 Å². The summed E-state index contributed by atoms with van der Waals surface area (Å²) in [5, 5.41) is 3.88. The Morgan fingerprint density at radius 2 is 1.91 bits per heavy atom. The fraction of sp³-hybridized carbons (Fsp3) is 0.538. The number of nitrogens with one attached hydrogen (secondary N) is 1. The molecule has 2 atom stereocenters. The van der Waals surface area contributed by atoms with Crippen LogP contribution in [0, 0.1) is 5.92 Å². The number of rotatable bonds is 10. The van der Waals surface area contributed by atoms with Gasteiger partial charge in [0.15, 0.2) is 5.16 Å². The summed E-state index contributed by atoms with van der Waals surface area (Å²) in [5.74, 6) is 1.45. The number of carbonyl (C=O) groups is 2. The van der Waals surface area contributed by atoms with E-state index >= 15 is 0 Å². The zero-order valence-electron chi connectivity index (χ0n) is 21.0. The van der Waals surface area contributed by atoms with Crippen LogP contribution in [0.3, 0.4) is 0 Å². The molecule has 2 heterocycles. The van der Waals surface area contributed by atoms with Gasteiger partial charge < -0.3 is 15.1 Å². The molecule has 0 spiro atoms. The van der Waals surface area contributed by atoms with Crippen LogP contribution >= 0.6 is 23.4 Å². The van der Waals surface area contributed by atoms with Gasteiger partial charge >= 0.3 is 0 Å². The average molecular weight is 518 g/mol. The van der Waals surface area contributed by atoms with E-state index in [1.807, 2.05) is 30.0 Å². The van der Waals surface area contributed by atoms with Crippen molar-refractivity contribution in [1.82, 2.24) is 20.2 Å². The van der Waals surface area contributed by atoms with E-state index in [1.165, 1.54) is 17.3 Å². The summed E-state index contributed by atoms with van der Waals surface area (Å²) in [6.07, 6.45) is 2.37. The van der Waals surface area contributed by atoms with Gasteiger partial charge in [0.2, 0.25) is 11.8 Å². The number of piperazine rings is 1. The lowest BCUT2D eigenvalue weighted by Crippen LogP contribution is -2.54. The van der Waals surface area contributed by atoms with E-state index in [-0.39, 0.29) is 29.7 Å². The number of hydrogen-bond acceptors (Lipinski definition) is 6. The minimum atomic E-state index is -0.0495. The van der Waals surface area contributed by atoms with Crippen LogP contribution in [0.1, 0.15) is 46.1 Å². The highest BCUT2D eigenvalue weighted by Gasteiger charge is 2.28. The van der Waals surface area contributed by atoms with Crippen LogP contribution in [-0.2, 0) is 16.0 Å². The standard InChI is InChI=1S/C26H36ClN5O2S/c1-18(2)14-25(34)32-13-12-31(16-20(32)4)23-15-22(27)29-26(30-23)35-17-24(33)28-19(3)10-11-21-8-6-5-7-9-21/h5-9,15,18-20H,10-14,16-17H2,1-4H3,(H,28,33). The molecule has 2 aromatic rings. The monoisotopic (exact) mass is 517 g/mol. The normalized spacial score (nSPS) is 16.9. The zero-order chi connectivity index (χ0) is 25.4. The first-order valence-corrected chi connectivity index (χ1v) is 13.6. The number of halogens is 1. The lowest BCUT2D eigenvalue weighted by Gasteiger charge is -2.40. The van der Waals surface area contributed by atoms with Crippen LogP contribution in [-0.4, -0.2) is 64.2 Å². The van der Waals surface area contributed by atoms with Gasteiger partial charge in [-0.05, 0) is 38.2 Å². The molecule has 1 N–H and O–H groups in total. The molecule has 2 unspecified atom stereocenters. The van der Waals surface area contributed by atoms with Gasteiger partial charge in [0.1, 0.15) is 11.0 Å². The van der Waals surface area contributed by atoms with Crippen molar-refractivity contribution in [2.75, 3.05) is 30.3 Å².